The molecular formula is C30H31FN6O. The maximum absolute atomic E-state index is 13.3. The van der Waals surface area contributed by atoms with E-state index in [2.05, 4.69) is 63.1 Å². The predicted molar refractivity (Wildman–Crippen MR) is 150 cm³/mol. The van der Waals surface area contributed by atoms with E-state index in [1.165, 1.54) is 12.1 Å². The molecule has 5 rings (SSSR count). The van der Waals surface area contributed by atoms with Gasteiger partial charge in [0.2, 0.25) is 0 Å². The van der Waals surface area contributed by atoms with Gasteiger partial charge in [-0.05, 0) is 47.5 Å². The van der Waals surface area contributed by atoms with Crippen LogP contribution in [-0.4, -0.2) is 40.1 Å². The van der Waals surface area contributed by atoms with E-state index in [1.807, 2.05) is 54.6 Å². The Bertz CT molecular complexity index is 1470. The van der Waals surface area contributed by atoms with Gasteiger partial charge in [-0.25, -0.2) is 4.39 Å². The molecule has 0 bridgehead atoms. The van der Waals surface area contributed by atoms with Gasteiger partial charge < -0.3 is 15.4 Å². The quantitative estimate of drug-likeness (QED) is 0.184. The largest absolute Gasteiger partial charge is 0.375 e. The van der Waals surface area contributed by atoms with Crippen LogP contribution in [0.2, 0.25) is 0 Å². The number of nitrogens with zero attached hydrogens (tertiary/aromatic N) is 3. The van der Waals surface area contributed by atoms with E-state index in [9.17, 15) is 4.39 Å². The summed E-state index contributed by atoms with van der Waals surface area (Å²) in [5, 5.41) is 24.0. The molecular weight excluding hydrogens is 479 g/mol. The summed E-state index contributed by atoms with van der Waals surface area (Å²) < 4.78 is 19.0. The molecule has 3 N–H and O–H groups in total. The summed E-state index contributed by atoms with van der Waals surface area (Å²) in [5.41, 5.74) is 4.67. The Hall–Kier alpha value is -4.30. The van der Waals surface area contributed by atoms with Crippen molar-refractivity contribution in [2.24, 2.45) is 0 Å². The van der Waals surface area contributed by atoms with Crippen molar-refractivity contribution in [2.75, 3.05) is 30.3 Å². The first-order valence-corrected chi connectivity index (χ1v) is 12.7. The van der Waals surface area contributed by atoms with Crippen LogP contribution in [0.3, 0.4) is 0 Å². The first kappa shape index (κ1) is 25.4. The van der Waals surface area contributed by atoms with E-state index in [4.69, 9.17) is 4.74 Å². The lowest BCUT2D eigenvalue weighted by molar-refractivity contribution is 0.130. The van der Waals surface area contributed by atoms with E-state index in [-0.39, 0.29) is 11.2 Å². The van der Waals surface area contributed by atoms with Gasteiger partial charge in [-0.15, -0.1) is 10.2 Å². The van der Waals surface area contributed by atoms with Gasteiger partial charge in [0.1, 0.15) is 11.6 Å². The first-order chi connectivity index (χ1) is 18.5. The van der Waals surface area contributed by atoms with Crippen molar-refractivity contribution in [1.82, 2.24) is 20.4 Å². The van der Waals surface area contributed by atoms with Gasteiger partial charge in [0, 0.05) is 29.5 Å². The molecule has 38 heavy (non-hydrogen) atoms. The first-order valence-electron chi connectivity index (χ1n) is 12.7. The third kappa shape index (κ3) is 6.15. The standard InChI is InChI=1S/C30H31FN6O/c1-30(2,23-9-11-24(31)12-10-23)20-33-28-15-14-26(34-36-28)22-8-13-27-25(18-22)29(37-35-27)32-16-17-38-19-21-6-4-3-5-7-21/h3-15,18H,16-17,19-20H2,1-2H3,(H,33,36)(H2,32,35,37). The maximum Gasteiger partial charge on any atom is 0.155 e. The molecule has 0 spiro atoms. The van der Waals surface area contributed by atoms with Gasteiger partial charge in [0.15, 0.2) is 5.82 Å². The number of H-pyrrole nitrogens is 1. The highest BCUT2D eigenvalue weighted by atomic mass is 19.1. The van der Waals surface area contributed by atoms with Crippen molar-refractivity contribution in [3.8, 4) is 11.3 Å². The molecule has 0 amide bonds. The number of benzene rings is 3. The van der Waals surface area contributed by atoms with Gasteiger partial charge in [-0.3, -0.25) is 5.10 Å². The zero-order chi connectivity index (χ0) is 26.4. The third-order valence-corrected chi connectivity index (χ3v) is 6.51. The number of hydrogen-bond acceptors (Lipinski definition) is 6. The van der Waals surface area contributed by atoms with Crippen molar-refractivity contribution < 1.29 is 9.13 Å². The zero-order valence-electron chi connectivity index (χ0n) is 21.5. The van der Waals surface area contributed by atoms with Crippen molar-refractivity contribution in [3.63, 3.8) is 0 Å². The molecule has 0 aliphatic heterocycles. The minimum absolute atomic E-state index is 0.198. The fourth-order valence-electron chi connectivity index (χ4n) is 4.21. The fourth-order valence-corrected chi connectivity index (χ4v) is 4.21. The Morgan fingerprint density at radius 3 is 2.47 bits per heavy atom. The summed E-state index contributed by atoms with van der Waals surface area (Å²) in [6, 6.07) is 26.7. The average molecular weight is 511 g/mol. The third-order valence-electron chi connectivity index (χ3n) is 6.51. The van der Waals surface area contributed by atoms with E-state index in [1.54, 1.807) is 0 Å². The summed E-state index contributed by atoms with van der Waals surface area (Å²) in [6.07, 6.45) is 0. The number of halogens is 1. The number of anilines is 2. The number of rotatable bonds is 11. The Balaban J connectivity index is 1.18. The molecule has 194 valence electrons. The van der Waals surface area contributed by atoms with Crippen LogP contribution < -0.4 is 10.6 Å². The lowest BCUT2D eigenvalue weighted by atomic mass is 9.84. The molecule has 7 nitrogen and oxygen atoms in total. The number of hydrogen-bond donors (Lipinski definition) is 3. The number of fused-ring (bicyclic) bond motifs is 1. The van der Waals surface area contributed by atoms with Crippen LogP contribution in [0.5, 0.6) is 0 Å². The van der Waals surface area contributed by atoms with Gasteiger partial charge in [0.25, 0.3) is 0 Å². The van der Waals surface area contributed by atoms with Crippen LogP contribution in [0, 0.1) is 5.82 Å². The highest BCUT2D eigenvalue weighted by molar-refractivity contribution is 5.92. The van der Waals surface area contributed by atoms with Crippen molar-refractivity contribution in [1.29, 1.82) is 0 Å². The van der Waals surface area contributed by atoms with Gasteiger partial charge in [-0.2, -0.15) is 5.10 Å². The molecule has 0 fully saturated rings. The number of nitrogens with one attached hydrogen (secondary N) is 3. The molecule has 0 unspecified atom stereocenters. The summed E-state index contributed by atoms with van der Waals surface area (Å²) in [5.74, 6) is 1.23. The number of aromatic nitrogens is 4. The Kier molecular flexibility index (Phi) is 7.60. The molecule has 8 heteroatoms. The van der Waals surface area contributed by atoms with Crippen molar-refractivity contribution >= 4 is 22.5 Å². The molecule has 0 aliphatic rings. The smallest absolute Gasteiger partial charge is 0.155 e. The minimum Gasteiger partial charge on any atom is -0.375 e. The van der Waals surface area contributed by atoms with Gasteiger partial charge in [0.05, 0.1) is 24.4 Å². The highest BCUT2D eigenvalue weighted by Gasteiger charge is 2.20. The molecule has 0 saturated carbocycles. The van der Waals surface area contributed by atoms with E-state index < -0.39 is 0 Å². The van der Waals surface area contributed by atoms with Crippen LogP contribution in [0.4, 0.5) is 16.0 Å². The Labute approximate surface area is 221 Å². The Morgan fingerprint density at radius 2 is 1.71 bits per heavy atom. The molecule has 2 heterocycles. The van der Waals surface area contributed by atoms with Crippen molar-refractivity contribution in [2.45, 2.75) is 25.9 Å². The highest BCUT2D eigenvalue weighted by Crippen LogP contribution is 2.27. The molecule has 0 saturated heterocycles. The van der Waals surface area contributed by atoms with Crippen LogP contribution in [0.15, 0.2) is 84.9 Å². The molecule has 2 aromatic heterocycles. The number of aromatic amines is 1. The summed E-state index contributed by atoms with van der Waals surface area (Å²) in [7, 11) is 0. The van der Waals surface area contributed by atoms with E-state index in [0.29, 0.717) is 32.1 Å². The molecule has 0 atom stereocenters. The van der Waals surface area contributed by atoms with Crippen LogP contribution in [-0.2, 0) is 16.8 Å². The molecule has 0 aliphatic carbocycles. The molecule has 3 aromatic carbocycles. The van der Waals surface area contributed by atoms with Crippen molar-refractivity contribution in [3.05, 3.63) is 102 Å². The molecule has 5 aromatic rings. The zero-order valence-corrected chi connectivity index (χ0v) is 21.5. The van der Waals surface area contributed by atoms with E-state index >= 15 is 0 Å². The second-order valence-corrected chi connectivity index (χ2v) is 9.85. The van der Waals surface area contributed by atoms with Crippen LogP contribution >= 0.6 is 0 Å². The summed E-state index contributed by atoms with van der Waals surface area (Å²) >= 11 is 0. The van der Waals surface area contributed by atoms with Crippen LogP contribution in [0.25, 0.3) is 22.2 Å². The lowest BCUT2D eigenvalue weighted by Gasteiger charge is -2.25. The Morgan fingerprint density at radius 1 is 0.895 bits per heavy atom. The number of ether oxygens (including phenoxy) is 1. The summed E-state index contributed by atoms with van der Waals surface area (Å²) in [4.78, 5) is 0. The second kappa shape index (κ2) is 11.4. The lowest BCUT2D eigenvalue weighted by Crippen LogP contribution is -2.28. The normalized spacial score (nSPS) is 11.6. The van der Waals surface area contributed by atoms with Gasteiger partial charge >= 0.3 is 0 Å². The second-order valence-electron chi connectivity index (χ2n) is 9.85. The molecule has 0 radical (unpaired) electrons. The average Bonchev–Trinajstić information content (AvgIpc) is 3.35. The fraction of sp³-hybridized carbons (Fsp3) is 0.233. The maximum atomic E-state index is 13.3. The monoisotopic (exact) mass is 510 g/mol. The predicted octanol–water partition coefficient (Wildman–Crippen LogP) is 6.18. The SMILES string of the molecule is CC(C)(CNc1ccc(-c2ccc3[nH]nc(NCCOCc4ccccc4)c3c2)nn1)c1ccc(F)cc1. The van der Waals surface area contributed by atoms with E-state index in [0.717, 1.165) is 39.1 Å². The topological polar surface area (TPSA) is 87.8 Å². The van der Waals surface area contributed by atoms with Crippen LogP contribution in [0.1, 0.15) is 25.0 Å². The summed E-state index contributed by atoms with van der Waals surface area (Å²) in [6.45, 7) is 6.65. The minimum atomic E-state index is -0.233. The van der Waals surface area contributed by atoms with Gasteiger partial charge in [-0.1, -0.05) is 62.4 Å².